The largest absolute Gasteiger partial charge is 0.463 e. The highest BCUT2D eigenvalue weighted by atomic mass is 16.5. The lowest BCUT2D eigenvalue weighted by atomic mass is 9.34. The molecule has 4 aromatic carbocycles. The summed E-state index contributed by atoms with van der Waals surface area (Å²) in [5.41, 5.74) is 7.14. The molecule has 0 saturated carbocycles. The van der Waals surface area contributed by atoms with E-state index in [1.54, 1.807) is 0 Å². The lowest BCUT2D eigenvalue weighted by molar-refractivity contribution is 0.396. The van der Waals surface area contributed by atoms with E-state index in [1.807, 2.05) is 6.07 Å². The van der Waals surface area contributed by atoms with E-state index < -0.39 is 0 Å². The molecule has 0 spiro atoms. The first-order valence-electron chi connectivity index (χ1n) is 11.9. The van der Waals surface area contributed by atoms with Crippen molar-refractivity contribution in [3.63, 3.8) is 0 Å². The molecule has 0 N–H and O–H groups in total. The Morgan fingerprint density at radius 1 is 0.706 bits per heavy atom. The van der Waals surface area contributed by atoms with Gasteiger partial charge in [-0.15, -0.1) is 0 Å². The molecule has 0 radical (unpaired) electrons. The molecule has 4 heteroatoms. The van der Waals surface area contributed by atoms with Gasteiger partial charge in [-0.2, -0.15) is 0 Å². The zero-order valence-electron chi connectivity index (χ0n) is 18.5. The Morgan fingerprint density at radius 3 is 2.44 bits per heavy atom. The Labute approximate surface area is 197 Å². The van der Waals surface area contributed by atoms with Crippen LogP contribution in [0.3, 0.4) is 0 Å². The molecule has 3 nitrogen and oxygen atoms in total. The normalized spacial score (nSPS) is 15.6. The van der Waals surface area contributed by atoms with Gasteiger partial charge in [-0.3, -0.25) is 0 Å². The van der Waals surface area contributed by atoms with Crippen LogP contribution in [0.1, 0.15) is 12.8 Å². The van der Waals surface area contributed by atoms with Gasteiger partial charge in [0.2, 0.25) is 0 Å². The van der Waals surface area contributed by atoms with Gasteiger partial charge in [0.25, 0.3) is 6.71 Å². The predicted molar refractivity (Wildman–Crippen MR) is 138 cm³/mol. The molecular weight excluding hydrogens is 417 g/mol. The zero-order chi connectivity index (χ0) is 22.2. The minimum Gasteiger partial charge on any atom is -0.463 e. The van der Waals surface area contributed by atoms with Crippen LogP contribution in [0.15, 0.2) is 108 Å². The Balaban J connectivity index is 1.47. The number of nitrogens with zero attached hydrogens (tertiary/aromatic N) is 1. The number of fused-ring (bicyclic) bond motifs is 6. The standard InChI is InChI=1S/C30H20BNO2/c1-2-9-19(10-3-1)32-24-13-6-4-11-20(24)21-17-23-29(18-25(21)32)34-28-16-8-15-27-30(28)31(23)22-12-5-7-14-26(22)33-27/h1-6,8-13,15-18H,7,14H2. The fourth-order valence-electron chi connectivity index (χ4n) is 5.93. The van der Waals surface area contributed by atoms with Crippen molar-refractivity contribution in [3.8, 4) is 22.9 Å². The van der Waals surface area contributed by atoms with Crippen molar-refractivity contribution >= 4 is 39.4 Å². The maximum Gasteiger partial charge on any atom is 0.260 e. The van der Waals surface area contributed by atoms with Crippen molar-refractivity contribution in [3.05, 3.63) is 108 Å². The molecule has 1 aliphatic carbocycles. The molecule has 0 fully saturated rings. The quantitative estimate of drug-likeness (QED) is 0.299. The Morgan fingerprint density at radius 2 is 1.53 bits per heavy atom. The number of allylic oxidation sites excluding steroid dienone is 4. The van der Waals surface area contributed by atoms with Gasteiger partial charge in [0.15, 0.2) is 0 Å². The third-order valence-corrected chi connectivity index (χ3v) is 7.37. The van der Waals surface area contributed by atoms with Crippen molar-refractivity contribution < 1.29 is 9.47 Å². The first-order valence-corrected chi connectivity index (χ1v) is 11.9. The second kappa shape index (κ2) is 6.67. The maximum atomic E-state index is 6.56. The fourth-order valence-corrected chi connectivity index (χ4v) is 5.93. The molecule has 160 valence electrons. The van der Waals surface area contributed by atoms with Gasteiger partial charge in [-0.1, -0.05) is 60.7 Å². The molecule has 3 heterocycles. The first kappa shape index (κ1) is 18.3. The maximum absolute atomic E-state index is 6.56. The second-order valence-electron chi connectivity index (χ2n) is 9.22. The molecule has 0 amide bonds. The summed E-state index contributed by atoms with van der Waals surface area (Å²) in [6.45, 7) is 0.124. The SMILES string of the molecule is C1=CC2=C(CC1)Oc1cccc3c1B2c1cc2c4ccccc4n(-c4ccccc4)c2cc1O3. The van der Waals surface area contributed by atoms with Crippen LogP contribution in [0, 0.1) is 0 Å². The minimum absolute atomic E-state index is 0.124. The summed E-state index contributed by atoms with van der Waals surface area (Å²) in [6, 6.07) is 30.0. The van der Waals surface area contributed by atoms with E-state index >= 15 is 0 Å². The summed E-state index contributed by atoms with van der Waals surface area (Å²) >= 11 is 0. The number of hydrogen-bond acceptors (Lipinski definition) is 2. The van der Waals surface area contributed by atoms with Crippen molar-refractivity contribution in [1.29, 1.82) is 0 Å². The summed E-state index contributed by atoms with van der Waals surface area (Å²) in [5.74, 6) is 3.84. The highest BCUT2D eigenvalue weighted by Crippen LogP contribution is 2.40. The molecule has 1 aromatic heterocycles. The summed E-state index contributed by atoms with van der Waals surface area (Å²) < 4.78 is 15.3. The van der Waals surface area contributed by atoms with Crippen LogP contribution in [0.25, 0.3) is 27.5 Å². The average molecular weight is 437 g/mol. The highest BCUT2D eigenvalue weighted by Gasteiger charge is 2.41. The van der Waals surface area contributed by atoms with Crippen LogP contribution in [-0.2, 0) is 0 Å². The molecule has 8 rings (SSSR count). The lowest BCUT2D eigenvalue weighted by Crippen LogP contribution is -2.51. The van der Waals surface area contributed by atoms with E-state index in [4.69, 9.17) is 9.47 Å². The molecule has 0 atom stereocenters. The van der Waals surface area contributed by atoms with Gasteiger partial charge < -0.3 is 14.0 Å². The Kier molecular flexibility index (Phi) is 3.59. The molecule has 0 bridgehead atoms. The van der Waals surface area contributed by atoms with Gasteiger partial charge in [-0.25, -0.2) is 0 Å². The van der Waals surface area contributed by atoms with Crippen molar-refractivity contribution in [2.45, 2.75) is 12.8 Å². The number of rotatable bonds is 1. The van der Waals surface area contributed by atoms with Gasteiger partial charge >= 0.3 is 0 Å². The van der Waals surface area contributed by atoms with E-state index in [0.29, 0.717) is 0 Å². The highest BCUT2D eigenvalue weighted by molar-refractivity contribution is 6.94. The van der Waals surface area contributed by atoms with Crippen LogP contribution >= 0.6 is 0 Å². The summed E-state index contributed by atoms with van der Waals surface area (Å²) in [4.78, 5) is 0. The molecule has 0 saturated heterocycles. The van der Waals surface area contributed by atoms with E-state index in [2.05, 4.69) is 95.6 Å². The smallest absolute Gasteiger partial charge is 0.260 e. The number of para-hydroxylation sites is 2. The number of hydrogen-bond donors (Lipinski definition) is 0. The minimum atomic E-state index is 0.124. The van der Waals surface area contributed by atoms with Crippen molar-refractivity contribution in [1.82, 2.24) is 4.57 Å². The van der Waals surface area contributed by atoms with E-state index in [1.165, 1.54) is 27.2 Å². The van der Waals surface area contributed by atoms with Gasteiger partial charge in [0.05, 0.1) is 16.8 Å². The molecule has 2 aliphatic heterocycles. The Hall–Kier alpha value is -4.18. The van der Waals surface area contributed by atoms with Gasteiger partial charge in [0.1, 0.15) is 17.2 Å². The molecule has 5 aromatic rings. The summed E-state index contributed by atoms with van der Waals surface area (Å²) in [5, 5.41) is 2.50. The van der Waals surface area contributed by atoms with Crippen molar-refractivity contribution in [2.75, 3.05) is 0 Å². The molecular formula is C30H20BNO2. The third kappa shape index (κ3) is 2.37. The van der Waals surface area contributed by atoms with E-state index in [-0.39, 0.29) is 6.71 Å². The predicted octanol–water partition coefficient (Wildman–Crippen LogP) is 6.03. The van der Waals surface area contributed by atoms with Crippen LogP contribution in [0.4, 0.5) is 0 Å². The van der Waals surface area contributed by atoms with Crippen LogP contribution in [0.5, 0.6) is 17.2 Å². The lowest BCUT2D eigenvalue weighted by Gasteiger charge is -2.34. The molecule has 34 heavy (non-hydrogen) atoms. The fraction of sp³-hybridized carbons (Fsp3) is 0.0667. The number of ether oxygens (including phenoxy) is 2. The van der Waals surface area contributed by atoms with Crippen LogP contribution in [0.2, 0.25) is 0 Å². The van der Waals surface area contributed by atoms with Crippen LogP contribution in [-0.4, -0.2) is 11.3 Å². The van der Waals surface area contributed by atoms with Gasteiger partial charge in [-0.05, 0) is 47.7 Å². The number of benzene rings is 4. The van der Waals surface area contributed by atoms with E-state index in [0.717, 1.165) is 52.5 Å². The number of aromatic nitrogens is 1. The summed E-state index contributed by atoms with van der Waals surface area (Å²) in [6.07, 6.45) is 6.49. The monoisotopic (exact) mass is 437 g/mol. The average Bonchev–Trinajstić information content (AvgIpc) is 3.21. The summed E-state index contributed by atoms with van der Waals surface area (Å²) in [7, 11) is 0. The van der Waals surface area contributed by atoms with Crippen LogP contribution < -0.4 is 20.4 Å². The third-order valence-electron chi connectivity index (χ3n) is 7.37. The second-order valence-corrected chi connectivity index (χ2v) is 9.22. The Bertz CT molecular complexity index is 1710. The topological polar surface area (TPSA) is 23.4 Å². The van der Waals surface area contributed by atoms with Crippen molar-refractivity contribution in [2.24, 2.45) is 0 Å². The molecule has 0 unspecified atom stereocenters. The zero-order valence-corrected chi connectivity index (χ0v) is 18.5. The first-order chi connectivity index (χ1) is 16.9. The van der Waals surface area contributed by atoms with Gasteiger partial charge in [0, 0.05) is 34.4 Å². The van der Waals surface area contributed by atoms with E-state index in [9.17, 15) is 0 Å². The molecule has 3 aliphatic rings.